The first-order chi connectivity index (χ1) is 9.20. The molecule has 2 rings (SSSR count). The van der Waals surface area contributed by atoms with E-state index in [1.54, 1.807) is 0 Å². The molecule has 1 aromatic carbocycles. The second kappa shape index (κ2) is 6.34. The Labute approximate surface area is 115 Å². The van der Waals surface area contributed by atoms with Crippen molar-refractivity contribution in [2.75, 3.05) is 26.0 Å². The number of nitrogens with one attached hydrogen (secondary N) is 1. The van der Waals surface area contributed by atoms with Crippen molar-refractivity contribution >= 4 is 5.69 Å². The molecule has 1 aromatic heterocycles. The van der Waals surface area contributed by atoms with Gasteiger partial charge in [0.25, 0.3) is 0 Å². The van der Waals surface area contributed by atoms with E-state index >= 15 is 0 Å². The largest absolute Gasteiger partial charge is 0.378 e. The minimum atomic E-state index is 0.332. The summed E-state index contributed by atoms with van der Waals surface area (Å²) in [6.45, 7) is 0. The first-order valence-electron chi connectivity index (χ1n) is 6.54. The number of hydrogen-bond acceptors (Lipinski definition) is 3. The Morgan fingerprint density at radius 2 is 1.68 bits per heavy atom. The second-order valence-corrected chi connectivity index (χ2v) is 4.89. The zero-order valence-corrected chi connectivity index (χ0v) is 11.8. The molecule has 0 aliphatic heterocycles. The van der Waals surface area contributed by atoms with Crippen molar-refractivity contribution in [3.05, 3.63) is 59.9 Å². The normalized spacial score (nSPS) is 12.2. The fraction of sp³-hybridized carbons (Fsp3) is 0.312. The summed E-state index contributed by atoms with van der Waals surface area (Å²) >= 11 is 0. The number of aromatic nitrogens is 1. The highest BCUT2D eigenvalue weighted by Gasteiger charge is 2.10. The van der Waals surface area contributed by atoms with Gasteiger partial charge in [-0.3, -0.25) is 4.98 Å². The van der Waals surface area contributed by atoms with Gasteiger partial charge in [0.15, 0.2) is 0 Å². The highest BCUT2D eigenvalue weighted by molar-refractivity contribution is 5.46. The number of nitrogens with zero attached hydrogens (tertiary/aromatic N) is 2. The van der Waals surface area contributed by atoms with Gasteiger partial charge in [-0.1, -0.05) is 12.1 Å². The van der Waals surface area contributed by atoms with Gasteiger partial charge >= 0.3 is 0 Å². The van der Waals surface area contributed by atoms with Crippen LogP contribution in [0.25, 0.3) is 0 Å². The molecule has 3 heteroatoms. The number of benzene rings is 1. The van der Waals surface area contributed by atoms with E-state index in [9.17, 15) is 0 Å². The molecule has 0 bridgehead atoms. The van der Waals surface area contributed by atoms with Crippen molar-refractivity contribution in [3.8, 4) is 0 Å². The van der Waals surface area contributed by atoms with Gasteiger partial charge in [0.2, 0.25) is 0 Å². The van der Waals surface area contributed by atoms with Gasteiger partial charge in [-0.15, -0.1) is 0 Å². The highest BCUT2D eigenvalue weighted by atomic mass is 15.1. The zero-order chi connectivity index (χ0) is 13.7. The number of hydrogen-bond donors (Lipinski definition) is 1. The number of pyridine rings is 1. The molecule has 1 N–H and O–H groups in total. The predicted octanol–water partition coefficient (Wildman–Crippen LogP) is 2.65. The van der Waals surface area contributed by atoms with Crippen molar-refractivity contribution in [2.24, 2.45) is 0 Å². The maximum Gasteiger partial charge on any atom is 0.0361 e. The summed E-state index contributed by atoms with van der Waals surface area (Å²) in [5.41, 5.74) is 3.83. The Morgan fingerprint density at radius 1 is 1.05 bits per heavy atom. The first-order valence-corrected chi connectivity index (χ1v) is 6.54. The Bertz CT molecular complexity index is 491. The number of likely N-dealkylation sites (N-methyl/N-ethyl adjacent to an activating group) is 1. The molecular weight excluding hydrogens is 234 g/mol. The molecular formula is C16H21N3. The van der Waals surface area contributed by atoms with Gasteiger partial charge in [-0.05, 0) is 48.9 Å². The van der Waals surface area contributed by atoms with Crippen LogP contribution in [0.3, 0.4) is 0 Å². The molecule has 0 spiro atoms. The fourth-order valence-electron chi connectivity index (χ4n) is 2.15. The summed E-state index contributed by atoms with van der Waals surface area (Å²) < 4.78 is 0. The monoisotopic (exact) mass is 255 g/mol. The van der Waals surface area contributed by atoms with Crippen LogP contribution in [0, 0.1) is 0 Å². The molecule has 19 heavy (non-hydrogen) atoms. The Hall–Kier alpha value is -1.87. The van der Waals surface area contributed by atoms with E-state index in [0.29, 0.717) is 6.04 Å². The topological polar surface area (TPSA) is 28.2 Å². The molecule has 2 aromatic rings. The summed E-state index contributed by atoms with van der Waals surface area (Å²) in [4.78, 5) is 6.17. The van der Waals surface area contributed by atoms with Crippen molar-refractivity contribution < 1.29 is 0 Å². The van der Waals surface area contributed by atoms with Gasteiger partial charge in [0.1, 0.15) is 0 Å². The van der Waals surface area contributed by atoms with Crippen LogP contribution in [0.15, 0.2) is 48.8 Å². The lowest BCUT2D eigenvalue weighted by molar-refractivity contribution is 0.592. The van der Waals surface area contributed by atoms with Crippen LogP contribution in [-0.4, -0.2) is 26.1 Å². The zero-order valence-electron chi connectivity index (χ0n) is 11.8. The SMILES string of the molecule is CNC(Cc1ccncc1)c1ccc(N(C)C)cc1. The van der Waals surface area contributed by atoms with Crippen molar-refractivity contribution in [1.29, 1.82) is 0 Å². The second-order valence-electron chi connectivity index (χ2n) is 4.89. The van der Waals surface area contributed by atoms with Crippen molar-refractivity contribution in [1.82, 2.24) is 10.3 Å². The first kappa shape index (κ1) is 13.6. The minimum Gasteiger partial charge on any atom is -0.378 e. The van der Waals surface area contributed by atoms with Crippen LogP contribution < -0.4 is 10.2 Å². The molecule has 1 heterocycles. The molecule has 100 valence electrons. The van der Waals surface area contributed by atoms with Gasteiger partial charge in [0.05, 0.1) is 0 Å². The molecule has 0 amide bonds. The predicted molar refractivity (Wildman–Crippen MR) is 80.5 cm³/mol. The van der Waals surface area contributed by atoms with E-state index in [4.69, 9.17) is 0 Å². The maximum absolute atomic E-state index is 4.06. The van der Waals surface area contributed by atoms with E-state index in [-0.39, 0.29) is 0 Å². The van der Waals surface area contributed by atoms with Gasteiger partial charge in [0, 0.05) is 38.2 Å². The molecule has 0 aliphatic rings. The standard InChI is InChI=1S/C16H21N3/c1-17-16(12-13-8-10-18-11-9-13)14-4-6-15(7-5-14)19(2)3/h4-11,16-17H,12H2,1-3H3. The number of anilines is 1. The Morgan fingerprint density at radius 3 is 2.21 bits per heavy atom. The summed E-state index contributed by atoms with van der Waals surface area (Å²) in [5.74, 6) is 0. The molecule has 0 saturated heterocycles. The third-order valence-electron chi connectivity index (χ3n) is 3.35. The molecule has 3 nitrogen and oxygen atoms in total. The minimum absolute atomic E-state index is 0.332. The quantitative estimate of drug-likeness (QED) is 0.890. The van der Waals surface area contributed by atoms with Crippen LogP contribution >= 0.6 is 0 Å². The maximum atomic E-state index is 4.06. The Balaban J connectivity index is 2.13. The van der Waals surface area contributed by atoms with E-state index in [0.717, 1.165) is 6.42 Å². The molecule has 0 aliphatic carbocycles. The van der Waals surface area contributed by atoms with Gasteiger partial charge < -0.3 is 10.2 Å². The smallest absolute Gasteiger partial charge is 0.0361 e. The summed E-state index contributed by atoms with van der Waals surface area (Å²) in [7, 11) is 6.12. The molecule has 1 unspecified atom stereocenters. The van der Waals surface area contributed by atoms with Gasteiger partial charge in [-0.25, -0.2) is 0 Å². The summed E-state index contributed by atoms with van der Waals surface area (Å²) in [6, 6.07) is 13.2. The average Bonchev–Trinajstić information content (AvgIpc) is 2.46. The lowest BCUT2D eigenvalue weighted by Gasteiger charge is -2.18. The van der Waals surface area contributed by atoms with Crippen molar-refractivity contribution in [3.63, 3.8) is 0 Å². The third kappa shape index (κ3) is 3.55. The van der Waals surface area contributed by atoms with Crippen LogP contribution in [0.2, 0.25) is 0 Å². The van der Waals surface area contributed by atoms with Crippen LogP contribution in [-0.2, 0) is 6.42 Å². The lowest BCUT2D eigenvalue weighted by atomic mass is 9.99. The average molecular weight is 255 g/mol. The van der Waals surface area contributed by atoms with Gasteiger partial charge in [-0.2, -0.15) is 0 Å². The van der Waals surface area contributed by atoms with Crippen molar-refractivity contribution in [2.45, 2.75) is 12.5 Å². The molecule has 1 atom stereocenters. The van der Waals surface area contributed by atoms with E-state index in [1.807, 2.05) is 19.4 Å². The number of rotatable bonds is 5. The summed E-state index contributed by atoms with van der Waals surface area (Å²) in [6.07, 6.45) is 4.66. The van der Waals surface area contributed by atoms with E-state index < -0.39 is 0 Å². The Kier molecular flexibility index (Phi) is 4.53. The molecule has 0 saturated carbocycles. The third-order valence-corrected chi connectivity index (χ3v) is 3.35. The molecule has 0 fully saturated rings. The van der Waals surface area contributed by atoms with Crippen LogP contribution in [0.4, 0.5) is 5.69 Å². The van der Waals surface area contributed by atoms with Crippen LogP contribution in [0.1, 0.15) is 17.2 Å². The fourth-order valence-corrected chi connectivity index (χ4v) is 2.15. The summed E-state index contributed by atoms with van der Waals surface area (Å²) in [5, 5.41) is 3.38. The van der Waals surface area contributed by atoms with E-state index in [1.165, 1.54) is 16.8 Å². The molecule has 0 radical (unpaired) electrons. The highest BCUT2D eigenvalue weighted by Crippen LogP contribution is 2.20. The van der Waals surface area contributed by atoms with E-state index in [2.05, 4.69) is 65.7 Å². The van der Waals surface area contributed by atoms with Crippen LogP contribution in [0.5, 0.6) is 0 Å². The lowest BCUT2D eigenvalue weighted by Crippen LogP contribution is -2.19.